The Kier molecular flexibility index (Phi) is 5.57. The standard InChI is InChI=1S/C10H21O/c1-4-5-7-10(2,3)8-6-9-11/h9,11H,4-8H2,1-3H3. The molecule has 0 unspecified atom stereocenters. The van der Waals surface area contributed by atoms with Gasteiger partial charge < -0.3 is 5.11 Å². The van der Waals surface area contributed by atoms with Gasteiger partial charge in [0.2, 0.25) is 0 Å². The molecule has 11 heavy (non-hydrogen) atoms. The molecule has 0 bridgehead atoms. The minimum absolute atomic E-state index is 0.412. The van der Waals surface area contributed by atoms with Gasteiger partial charge in [0.1, 0.15) is 0 Å². The molecule has 0 atom stereocenters. The van der Waals surface area contributed by atoms with Crippen LogP contribution in [0, 0.1) is 12.0 Å². The molecule has 0 aromatic heterocycles. The second kappa shape index (κ2) is 5.59. The largest absolute Gasteiger partial charge is 0.390 e. The summed E-state index contributed by atoms with van der Waals surface area (Å²) in [6, 6.07) is 0. The molecule has 1 radical (unpaired) electrons. The zero-order valence-electron chi connectivity index (χ0n) is 8.06. The van der Waals surface area contributed by atoms with Gasteiger partial charge in [0.15, 0.2) is 0 Å². The lowest BCUT2D eigenvalue weighted by molar-refractivity contribution is 0.269. The zero-order chi connectivity index (χ0) is 8.74. The van der Waals surface area contributed by atoms with Crippen molar-refractivity contribution >= 4 is 0 Å². The molecule has 1 heteroatoms. The predicted molar refractivity (Wildman–Crippen MR) is 48.8 cm³/mol. The van der Waals surface area contributed by atoms with Crippen molar-refractivity contribution in [2.75, 3.05) is 0 Å². The molecule has 0 aliphatic heterocycles. The van der Waals surface area contributed by atoms with E-state index in [1.54, 1.807) is 0 Å². The van der Waals surface area contributed by atoms with Crippen LogP contribution in [0.4, 0.5) is 0 Å². The van der Waals surface area contributed by atoms with Gasteiger partial charge in [-0.2, -0.15) is 0 Å². The molecule has 0 rings (SSSR count). The summed E-state index contributed by atoms with van der Waals surface area (Å²) in [5.41, 5.74) is 0.412. The van der Waals surface area contributed by atoms with Gasteiger partial charge in [-0.3, -0.25) is 0 Å². The molecule has 0 amide bonds. The first kappa shape index (κ1) is 11.0. The number of hydrogen-bond acceptors (Lipinski definition) is 1. The third-order valence-corrected chi connectivity index (χ3v) is 2.16. The Balaban J connectivity index is 3.43. The zero-order valence-corrected chi connectivity index (χ0v) is 8.06. The first-order valence-corrected chi connectivity index (χ1v) is 4.58. The fourth-order valence-electron chi connectivity index (χ4n) is 1.24. The van der Waals surface area contributed by atoms with Crippen LogP contribution in [0.3, 0.4) is 0 Å². The Morgan fingerprint density at radius 2 is 1.91 bits per heavy atom. The summed E-state index contributed by atoms with van der Waals surface area (Å²) in [4.78, 5) is 0. The van der Waals surface area contributed by atoms with Crippen LogP contribution in [0.2, 0.25) is 0 Å². The Bertz CT molecular complexity index is 76.9. The highest BCUT2D eigenvalue weighted by atomic mass is 16.2. The lowest BCUT2D eigenvalue weighted by atomic mass is 9.83. The minimum atomic E-state index is 0.412. The molecule has 0 heterocycles. The summed E-state index contributed by atoms with van der Waals surface area (Å²) >= 11 is 0. The van der Waals surface area contributed by atoms with Crippen LogP contribution in [-0.4, -0.2) is 5.11 Å². The Morgan fingerprint density at radius 3 is 2.36 bits per heavy atom. The van der Waals surface area contributed by atoms with Crippen molar-refractivity contribution < 1.29 is 5.11 Å². The van der Waals surface area contributed by atoms with Crippen LogP contribution < -0.4 is 0 Å². The normalized spacial score (nSPS) is 12.0. The number of rotatable bonds is 6. The smallest absolute Gasteiger partial charge is 0.0799 e. The summed E-state index contributed by atoms with van der Waals surface area (Å²) in [6.07, 6.45) is 5.78. The molecule has 67 valence electrons. The molecule has 0 aromatic carbocycles. The lowest BCUT2D eigenvalue weighted by Crippen LogP contribution is -2.10. The van der Waals surface area contributed by atoms with E-state index in [0.717, 1.165) is 12.8 Å². The number of unbranched alkanes of at least 4 members (excludes halogenated alkanes) is 1. The van der Waals surface area contributed by atoms with E-state index in [1.807, 2.05) is 0 Å². The Labute approximate surface area is 70.8 Å². The molecule has 1 nitrogen and oxygen atoms in total. The molecule has 0 aliphatic carbocycles. The van der Waals surface area contributed by atoms with Crippen LogP contribution in [0.15, 0.2) is 0 Å². The summed E-state index contributed by atoms with van der Waals surface area (Å²) in [7, 11) is 0. The van der Waals surface area contributed by atoms with Gasteiger partial charge in [0.25, 0.3) is 0 Å². The van der Waals surface area contributed by atoms with Crippen molar-refractivity contribution in [1.29, 1.82) is 0 Å². The van der Waals surface area contributed by atoms with E-state index in [0.29, 0.717) is 5.41 Å². The van der Waals surface area contributed by atoms with Gasteiger partial charge in [0.05, 0.1) is 6.61 Å². The van der Waals surface area contributed by atoms with Gasteiger partial charge in [0, 0.05) is 0 Å². The van der Waals surface area contributed by atoms with Crippen molar-refractivity contribution in [3.8, 4) is 0 Å². The molecule has 0 spiro atoms. The van der Waals surface area contributed by atoms with Crippen molar-refractivity contribution in [3.05, 3.63) is 6.61 Å². The van der Waals surface area contributed by atoms with Crippen LogP contribution >= 0.6 is 0 Å². The maximum absolute atomic E-state index is 8.53. The van der Waals surface area contributed by atoms with Gasteiger partial charge in [-0.25, -0.2) is 0 Å². The number of aliphatic hydroxyl groups is 1. The molecule has 0 saturated heterocycles. The molecule has 0 aliphatic rings. The quantitative estimate of drug-likeness (QED) is 0.625. The van der Waals surface area contributed by atoms with Crippen molar-refractivity contribution in [1.82, 2.24) is 0 Å². The fourth-order valence-corrected chi connectivity index (χ4v) is 1.24. The third kappa shape index (κ3) is 6.36. The maximum Gasteiger partial charge on any atom is 0.0799 e. The first-order valence-electron chi connectivity index (χ1n) is 4.58. The summed E-state index contributed by atoms with van der Waals surface area (Å²) in [5.74, 6) is 0. The SMILES string of the molecule is CCCCC(C)(C)CC[CH]O. The van der Waals surface area contributed by atoms with Gasteiger partial charge in [-0.1, -0.05) is 33.6 Å². The van der Waals surface area contributed by atoms with E-state index in [4.69, 9.17) is 5.11 Å². The monoisotopic (exact) mass is 157 g/mol. The highest BCUT2D eigenvalue weighted by molar-refractivity contribution is 4.69. The van der Waals surface area contributed by atoms with Crippen LogP contribution in [-0.2, 0) is 0 Å². The van der Waals surface area contributed by atoms with E-state index >= 15 is 0 Å². The maximum atomic E-state index is 8.53. The van der Waals surface area contributed by atoms with Crippen LogP contribution in [0.1, 0.15) is 52.9 Å². The highest BCUT2D eigenvalue weighted by Gasteiger charge is 2.15. The first-order chi connectivity index (χ1) is 5.12. The summed E-state index contributed by atoms with van der Waals surface area (Å²) in [5, 5.41) is 8.53. The van der Waals surface area contributed by atoms with Crippen LogP contribution in [0.25, 0.3) is 0 Å². The topological polar surface area (TPSA) is 20.2 Å². The second-order valence-electron chi connectivity index (χ2n) is 3.99. The van der Waals surface area contributed by atoms with E-state index in [1.165, 1.54) is 25.9 Å². The van der Waals surface area contributed by atoms with E-state index in [2.05, 4.69) is 20.8 Å². The molecule has 0 aromatic rings. The Morgan fingerprint density at radius 1 is 1.27 bits per heavy atom. The van der Waals surface area contributed by atoms with E-state index in [-0.39, 0.29) is 0 Å². The number of hydrogen-bond donors (Lipinski definition) is 1. The van der Waals surface area contributed by atoms with E-state index < -0.39 is 0 Å². The second-order valence-corrected chi connectivity index (χ2v) is 3.99. The molecule has 0 fully saturated rings. The molecule has 0 saturated carbocycles. The lowest BCUT2D eigenvalue weighted by Gasteiger charge is -2.23. The average Bonchev–Trinajstić information content (AvgIpc) is 1.97. The van der Waals surface area contributed by atoms with Gasteiger partial charge in [-0.15, -0.1) is 0 Å². The average molecular weight is 157 g/mol. The van der Waals surface area contributed by atoms with Crippen LogP contribution in [0.5, 0.6) is 0 Å². The van der Waals surface area contributed by atoms with E-state index in [9.17, 15) is 0 Å². The summed E-state index contributed by atoms with van der Waals surface area (Å²) < 4.78 is 0. The van der Waals surface area contributed by atoms with Gasteiger partial charge >= 0.3 is 0 Å². The minimum Gasteiger partial charge on any atom is -0.390 e. The fraction of sp³-hybridized carbons (Fsp3) is 0.900. The number of aliphatic hydroxyl groups excluding tert-OH is 1. The Hall–Kier alpha value is -0.0400. The molecule has 1 N–H and O–H groups in total. The molecular formula is C10H21O. The highest BCUT2D eigenvalue weighted by Crippen LogP contribution is 2.28. The summed E-state index contributed by atoms with van der Waals surface area (Å²) in [6.45, 7) is 8.03. The third-order valence-electron chi connectivity index (χ3n) is 2.16. The van der Waals surface area contributed by atoms with Gasteiger partial charge in [-0.05, 0) is 24.7 Å². The molecular weight excluding hydrogens is 136 g/mol. The predicted octanol–water partition coefficient (Wildman–Crippen LogP) is 3.52. The van der Waals surface area contributed by atoms with Crippen molar-refractivity contribution in [2.24, 2.45) is 5.41 Å². The van der Waals surface area contributed by atoms with Crippen molar-refractivity contribution in [2.45, 2.75) is 52.9 Å². The van der Waals surface area contributed by atoms with Crippen molar-refractivity contribution in [3.63, 3.8) is 0 Å².